The number of halogens is 2. The number of anilines is 1. The smallest absolute Gasteiger partial charge is 0.270 e. The fourth-order valence-corrected chi connectivity index (χ4v) is 1.86. The van der Waals surface area contributed by atoms with Crippen molar-refractivity contribution in [1.82, 2.24) is 5.32 Å². The third kappa shape index (κ3) is 5.33. The molecule has 1 aromatic rings. The van der Waals surface area contributed by atoms with Gasteiger partial charge in [0.15, 0.2) is 0 Å². The molecule has 1 unspecified atom stereocenters. The van der Waals surface area contributed by atoms with Gasteiger partial charge in [-0.2, -0.15) is 0 Å². The molecule has 5 nitrogen and oxygen atoms in total. The summed E-state index contributed by atoms with van der Waals surface area (Å²) < 4.78 is 36.7. The third-order valence-corrected chi connectivity index (χ3v) is 2.70. The van der Waals surface area contributed by atoms with Crippen molar-refractivity contribution >= 4 is 33.2 Å². The Morgan fingerprint density at radius 3 is 2.72 bits per heavy atom. The van der Waals surface area contributed by atoms with Crippen LogP contribution < -0.4 is 10.0 Å². The molecule has 0 aliphatic rings. The number of benzene rings is 1. The molecule has 1 rings (SSSR count). The van der Waals surface area contributed by atoms with Crippen LogP contribution in [0.3, 0.4) is 0 Å². The molecule has 1 amide bonds. The van der Waals surface area contributed by atoms with Crippen LogP contribution in [0, 0.1) is 0 Å². The lowest BCUT2D eigenvalue weighted by molar-refractivity contribution is -0.123. The lowest BCUT2D eigenvalue weighted by Crippen LogP contribution is -2.28. The van der Waals surface area contributed by atoms with Crippen molar-refractivity contribution in [3.05, 3.63) is 29.8 Å². The minimum Gasteiger partial charge on any atom is -0.348 e. The minimum absolute atomic E-state index is 0.0608. The van der Waals surface area contributed by atoms with Crippen LogP contribution in [0.4, 0.5) is 10.1 Å². The van der Waals surface area contributed by atoms with Gasteiger partial charge in [-0.25, -0.2) is 12.8 Å². The van der Waals surface area contributed by atoms with Crippen molar-refractivity contribution in [2.24, 2.45) is 0 Å². The van der Waals surface area contributed by atoms with E-state index in [-0.39, 0.29) is 6.54 Å². The first kappa shape index (κ1) is 14.7. The lowest BCUT2D eigenvalue weighted by atomic mass is 10.2. The van der Waals surface area contributed by atoms with Gasteiger partial charge in [-0.1, -0.05) is 23.7 Å². The van der Waals surface area contributed by atoms with Gasteiger partial charge < -0.3 is 5.32 Å². The highest BCUT2D eigenvalue weighted by Crippen LogP contribution is 2.12. The topological polar surface area (TPSA) is 75.3 Å². The predicted molar refractivity (Wildman–Crippen MR) is 67.5 cm³/mol. The van der Waals surface area contributed by atoms with Crippen LogP contribution in [0.2, 0.25) is 0 Å². The number of carbonyl (C=O) groups is 1. The molecule has 0 spiro atoms. The summed E-state index contributed by atoms with van der Waals surface area (Å²) in [6.07, 6.45) is 1.03. The lowest BCUT2D eigenvalue weighted by Gasteiger charge is -2.08. The number of hydrogen-bond donors (Lipinski definition) is 2. The molecule has 2 N–H and O–H groups in total. The molecule has 8 heteroatoms. The maximum Gasteiger partial charge on any atom is 0.270 e. The fourth-order valence-electron chi connectivity index (χ4n) is 1.23. The first-order chi connectivity index (χ1) is 8.28. The Morgan fingerprint density at radius 2 is 2.17 bits per heavy atom. The highest BCUT2D eigenvalue weighted by Gasteiger charge is 2.12. The zero-order valence-electron chi connectivity index (χ0n) is 9.48. The van der Waals surface area contributed by atoms with Gasteiger partial charge in [-0.15, -0.1) is 0 Å². The average Bonchev–Trinajstić information content (AvgIpc) is 2.23. The highest BCUT2D eigenvalue weighted by atomic mass is 35.5. The van der Waals surface area contributed by atoms with Gasteiger partial charge in [0.25, 0.3) is 11.5 Å². The van der Waals surface area contributed by atoms with Gasteiger partial charge in [0.2, 0.25) is 10.0 Å². The predicted octanol–water partition coefficient (Wildman–Crippen LogP) is 1.21. The summed E-state index contributed by atoms with van der Waals surface area (Å²) in [6, 6.07) is 6.37. The van der Waals surface area contributed by atoms with Crippen LogP contribution in [0.5, 0.6) is 0 Å². The van der Waals surface area contributed by atoms with Crippen LogP contribution >= 0.6 is 11.6 Å². The Labute approximate surface area is 109 Å². The van der Waals surface area contributed by atoms with E-state index >= 15 is 0 Å². The standard InChI is InChI=1S/C10H12ClFN2O3S/c1-18(16,17)14-8-4-2-3-7(5-8)6-13-10(15)9(11)12/h2-5,9,14H,6H2,1H3,(H,13,15). The first-order valence-corrected chi connectivity index (χ1v) is 7.23. The number of rotatable bonds is 5. The summed E-state index contributed by atoms with van der Waals surface area (Å²) in [7, 11) is -3.36. The molecule has 1 atom stereocenters. The van der Waals surface area contributed by atoms with Crippen LogP contribution in [-0.2, 0) is 21.4 Å². The van der Waals surface area contributed by atoms with Crippen molar-refractivity contribution in [3.8, 4) is 0 Å². The molecule has 18 heavy (non-hydrogen) atoms. The van der Waals surface area contributed by atoms with Crippen molar-refractivity contribution in [2.45, 2.75) is 12.2 Å². The minimum atomic E-state index is -3.36. The highest BCUT2D eigenvalue weighted by molar-refractivity contribution is 7.92. The zero-order chi connectivity index (χ0) is 13.8. The summed E-state index contributed by atoms with van der Waals surface area (Å²) in [5.74, 6) is -0.932. The monoisotopic (exact) mass is 294 g/mol. The molecule has 0 aliphatic carbocycles. The van der Waals surface area contributed by atoms with Gasteiger partial charge in [0.1, 0.15) is 0 Å². The van der Waals surface area contributed by atoms with E-state index in [4.69, 9.17) is 11.6 Å². The maximum atomic E-state index is 12.4. The van der Waals surface area contributed by atoms with Crippen LogP contribution in [0.25, 0.3) is 0 Å². The van der Waals surface area contributed by atoms with Gasteiger partial charge in [0.05, 0.1) is 6.26 Å². The number of hydrogen-bond acceptors (Lipinski definition) is 3. The fraction of sp³-hybridized carbons (Fsp3) is 0.300. The molecule has 0 fully saturated rings. The van der Waals surface area contributed by atoms with Crippen LogP contribution in [0.15, 0.2) is 24.3 Å². The molecule has 0 aromatic heterocycles. The summed E-state index contributed by atoms with van der Waals surface area (Å²) in [6.45, 7) is 0.0608. The average molecular weight is 295 g/mol. The summed E-state index contributed by atoms with van der Waals surface area (Å²) >= 11 is 4.94. The van der Waals surface area contributed by atoms with E-state index < -0.39 is 21.6 Å². The second kappa shape index (κ2) is 6.01. The first-order valence-electron chi connectivity index (χ1n) is 4.90. The van der Waals surface area contributed by atoms with Gasteiger partial charge in [-0.05, 0) is 17.7 Å². The summed E-state index contributed by atoms with van der Waals surface area (Å²) in [5, 5.41) is 2.27. The molecular formula is C10H12ClFN2O3S. The van der Waals surface area contributed by atoms with E-state index in [0.29, 0.717) is 11.3 Å². The normalized spacial score (nSPS) is 12.8. The van der Waals surface area contributed by atoms with Crippen molar-refractivity contribution in [1.29, 1.82) is 0 Å². The van der Waals surface area contributed by atoms with Gasteiger partial charge in [0, 0.05) is 12.2 Å². The molecular weight excluding hydrogens is 283 g/mol. The summed E-state index contributed by atoms with van der Waals surface area (Å²) in [5.41, 5.74) is -1.11. The molecule has 0 saturated heterocycles. The Hall–Kier alpha value is -1.34. The summed E-state index contributed by atoms with van der Waals surface area (Å²) in [4.78, 5) is 10.9. The van der Waals surface area contributed by atoms with Gasteiger partial charge >= 0.3 is 0 Å². The molecule has 1 aromatic carbocycles. The molecule has 0 aliphatic heterocycles. The molecule has 100 valence electrons. The molecule has 0 radical (unpaired) electrons. The Balaban J connectivity index is 2.68. The maximum absolute atomic E-state index is 12.4. The number of alkyl halides is 2. The van der Waals surface area contributed by atoms with Crippen molar-refractivity contribution in [2.75, 3.05) is 11.0 Å². The van der Waals surface area contributed by atoms with E-state index in [1.54, 1.807) is 18.2 Å². The van der Waals surface area contributed by atoms with Crippen LogP contribution in [-0.4, -0.2) is 26.2 Å². The second-order valence-electron chi connectivity index (χ2n) is 3.59. The number of amides is 1. The Kier molecular flexibility index (Phi) is 4.92. The number of carbonyl (C=O) groups excluding carboxylic acids is 1. The van der Waals surface area contributed by atoms with Crippen LogP contribution in [0.1, 0.15) is 5.56 Å². The van der Waals surface area contributed by atoms with Crippen molar-refractivity contribution in [3.63, 3.8) is 0 Å². The SMILES string of the molecule is CS(=O)(=O)Nc1cccc(CNC(=O)C(F)Cl)c1. The third-order valence-electron chi connectivity index (χ3n) is 1.90. The van der Waals surface area contributed by atoms with E-state index in [0.717, 1.165) is 6.26 Å². The number of nitrogens with one attached hydrogen (secondary N) is 2. The van der Waals surface area contributed by atoms with E-state index in [1.807, 2.05) is 0 Å². The second-order valence-corrected chi connectivity index (χ2v) is 5.72. The van der Waals surface area contributed by atoms with E-state index in [1.165, 1.54) is 6.07 Å². The molecule has 0 saturated carbocycles. The van der Waals surface area contributed by atoms with E-state index in [9.17, 15) is 17.6 Å². The van der Waals surface area contributed by atoms with Crippen molar-refractivity contribution < 1.29 is 17.6 Å². The van der Waals surface area contributed by atoms with Gasteiger partial charge in [-0.3, -0.25) is 9.52 Å². The molecule has 0 heterocycles. The quantitative estimate of drug-likeness (QED) is 0.802. The zero-order valence-corrected chi connectivity index (χ0v) is 11.1. The largest absolute Gasteiger partial charge is 0.348 e. The van der Waals surface area contributed by atoms with E-state index in [2.05, 4.69) is 10.0 Å². The Morgan fingerprint density at radius 1 is 1.50 bits per heavy atom. The Bertz CT molecular complexity index is 534. The molecule has 0 bridgehead atoms. The number of sulfonamides is 1.